The molecule has 1 aliphatic carbocycles. The lowest BCUT2D eigenvalue weighted by molar-refractivity contribution is -0.0644. The summed E-state index contributed by atoms with van der Waals surface area (Å²) in [6.07, 6.45) is 2.80. The topological polar surface area (TPSA) is 79.5 Å². The number of nitrogens with zero attached hydrogens (tertiary/aromatic N) is 2. The lowest BCUT2D eigenvalue weighted by atomic mass is 9.67. The zero-order chi connectivity index (χ0) is 20.2. The molecule has 2 aromatic carbocycles. The first-order valence-corrected chi connectivity index (χ1v) is 11.0. The van der Waals surface area contributed by atoms with Crippen LogP contribution in [0.5, 0.6) is 0 Å². The molecule has 5 rings (SSSR count). The fourth-order valence-corrected chi connectivity index (χ4v) is 6.15. The summed E-state index contributed by atoms with van der Waals surface area (Å²) in [7, 11) is 0. The van der Waals surface area contributed by atoms with Gasteiger partial charge in [-0.05, 0) is 55.4 Å². The minimum atomic E-state index is -0.856. The van der Waals surface area contributed by atoms with Crippen LogP contribution in [0.1, 0.15) is 40.7 Å². The van der Waals surface area contributed by atoms with Gasteiger partial charge in [0.1, 0.15) is 0 Å². The lowest BCUT2D eigenvalue weighted by Gasteiger charge is -2.41. The number of hydrogen-bond acceptors (Lipinski definition) is 5. The van der Waals surface area contributed by atoms with Crippen LogP contribution in [0.15, 0.2) is 42.5 Å². The average molecular weight is 408 g/mol. The second-order valence-corrected chi connectivity index (χ2v) is 9.51. The Morgan fingerprint density at radius 1 is 1.28 bits per heavy atom. The van der Waals surface area contributed by atoms with Gasteiger partial charge >= 0.3 is 0 Å². The number of thiazole rings is 1. The number of aryl methyl sites for hydroxylation is 1. The molecule has 1 saturated carbocycles. The van der Waals surface area contributed by atoms with Gasteiger partial charge in [-0.1, -0.05) is 41.7 Å². The summed E-state index contributed by atoms with van der Waals surface area (Å²) in [6, 6.07) is 13.8. The van der Waals surface area contributed by atoms with E-state index in [1.807, 2.05) is 54.3 Å². The van der Waals surface area contributed by atoms with E-state index in [1.165, 1.54) is 11.3 Å². The molecule has 29 heavy (non-hydrogen) atoms. The van der Waals surface area contributed by atoms with Crippen molar-refractivity contribution in [1.29, 1.82) is 0 Å². The zero-order valence-electron chi connectivity index (χ0n) is 16.5. The van der Waals surface area contributed by atoms with Gasteiger partial charge in [-0.25, -0.2) is 4.98 Å². The number of nitrogen functional groups attached to an aromatic ring is 1. The number of likely N-dealkylation sites (tertiary alicyclic amines) is 1. The first kappa shape index (κ1) is 18.6. The Hall–Kier alpha value is -2.44. The molecule has 0 spiro atoms. The first-order valence-electron chi connectivity index (χ1n) is 10.2. The van der Waals surface area contributed by atoms with Gasteiger partial charge < -0.3 is 15.7 Å². The minimum absolute atomic E-state index is 0.0341. The van der Waals surface area contributed by atoms with Crippen LogP contribution >= 0.6 is 11.3 Å². The van der Waals surface area contributed by atoms with Crippen LogP contribution < -0.4 is 5.73 Å². The molecule has 150 valence electrons. The van der Waals surface area contributed by atoms with Crippen molar-refractivity contribution in [3.8, 4) is 0 Å². The van der Waals surface area contributed by atoms with E-state index in [1.54, 1.807) is 0 Å². The summed E-state index contributed by atoms with van der Waals surface area (Å²) < 4.78 is 0.947. The van der Waals surface area contributed by atoms with E-state index < -0.39 is 5.60 Å². The maximum absolute atomic E-state index is 13.3. The molecule has 1 amide bonds. The van der Waals surface area contributed by atoms with Gasteiger partial charge in [0.05, 0.1) is 15.8 Å². The summed E-state index contributed by atoms with van der Waals surface area (Å²) in [5, 5.41) is 12.1. The number of amides is 1. The molecule has 0 bridgehead atoms. The minimum Gasteiger partial charge on any atom is -0.385 e. The van der Waals surface area contributed by atoms with Crippen molar-refractivity contribution in [3.63, 3.8) is 0 Å². The molecule has 1 saturated heterocycles. The third kappa shape index (κ3) is 3.02. The van der Waals surface area contributed by atoms with Crippen molar-refractivity contribution >= 4 is 32.6 Å². The van der Waals surface area contributed by atoms with Crippen LogP contribution in [0.4, 0.5) is 5.13 Å². The number of rotatable bonds is 2. The monoisotopic (exact) mass is 407 g/mol. The van der Waals surface area contributed by atoms with Gasteiger partial charge in [0, 0.05) is 24.6 Å². The fraction of sp³-hybridized carbons (Fsp3) is 0.391. The van der Waals surface area contributed by atoms with Crippen molar-refractivity contribution in [3.05, 3.63) is 59.2 Å². The molecule has 1 aliphatic heterocycles. The maximum Gasteiger partial charge on any atom is 0.253 e. The van der Waals surface area contributed by atoms with E-state index in [0.717, 1.165) is 40.6 Å². The van der Waals surface area contributed by atoms with Crippen molar-refractivity contribution in [2.45, 2.75) is 31.8 Å². The molecule has 1 aromatic heterocycles. The van der Waals surface area contributed by atoms with Crippen LogP contribution in [0.3, 0.4) is 0 Å². The molecule has 2 fully saturated rings. The number of aliphatic hydroxyl groups is 1. The predicted octanol–water partition coefficient (Wildman–Crippen LogP) is 3.95. The second kappa shape index (κ2) is 6.82. The number of carbonyl (C=O) groups excluding carboxylic acids is 1. The standard InChI is InChI=1S/C23H25N3O2S/c1-14-10-16(11-19-20(14)25-22(24)29-19)21(27)26-12-15-6-5-9-23(28,18(15)13-26)17-7-3-2-4-8-17/h2-4,7-8,10-11,15,18,28H,5-6,9,12-13H2,1H3,(H2,24,25)/t15-,18+,23+/m1/s1. The highest BCUT2D eigenvalue weighted by atomic mass is 32.1. The lowest BCUT2D eigenvalue weighted by Crippen LogP contribution is -2.42. The number of anilines is 1. The molecule has 6 heteroatoms. The highest BCUT2D eigenvalue weighted by Gasteiger charge is 2.50. The molecule has 3 N–H and O–H groups in total. The van der Waals surface area contributed by atoms with Gasteiger partial charge in [-0.2, -0.15) is 0 Å². The first-order chi connectivity index (χ1) is 14.0. The van der Waals surface area contributed by atoms with Crippen LogP contribution in [0, 0.1) is 18.8 Å². The van der Waals surface area contributed by atoms with Crippen LogP contribution in [-0.2, 0) is 5.60 Å². The third-order valence-electron chi connectivity index (χ3n) is 6.70. The van der Waals surface area contributed by atoms with Crippen molar-refractivity contribution < 1.29 is 9.90 Å². The van der Waals surface area contributed by atoms with E-state index >= 15 is 0 Å². The zero-order valence-corrected chi connectivity index (χ0v) is 17.3. The Morgan fingerprint density at radius 2 is 2.07 bits per heavy atom. The second-order valence-electron chi connectivity index (χ2n) is 8.45. The quantitative estimate of drug-likeness (QED) is 0.674. The number of benzene rings is 2. The summed E-state index contributed by atoms with van der Waals surface area (Å²) in [5.74, 6) is 0.444. The SMILES string of the molecule is Cc1cc(C(=O)N2C[C@H]3CCC[C@](O)(c4ccccc4)[C@H]3C2)cc2sc(N)nc12. The largest absolute Gasteiger partial charge is 0.385 e. The normalized spacial score (nSPS) is 26.6. The Kier molecular flexibility index (Phi) is 4.37. The fourth-order valence-electron chi connectivity index (χ4n) is 5.29. The van der Waals surface area contributed by atoms with Crippen LogP contribution in [0.2, 0.25) is 0 Å². The predicted molar refractivity (Wildman–Crippen MR) is 116 cm³/mol. The summed E-state index contributed by atoms with van der Waals surface area (Å²) in [5.41, 5.74) is 8.50. The van der Waals surface area contributed by atoms with E-state index in [0.29, 0.717) is 29.7 Å². The van der Waals surface area contributed by atoms with E-state index in [-0.39, 0.29) is 11.8 Å². The molecule has 5 nitrogen and oxygen atoms in total. The molecular formula is C23H25N3O2S. The summed E-state index contributed by atoms with van der Waals surface area (Å²) >= 11 is 1.41. The Morgan fingerprint density at radius 3 is 2.86 bits per heavy atom. The molecular weight excluding hydrogens is 382 g/mol. The number of hydrogen-bond donors (Lipinski definition) is 2. The summed E-state index contributed by atoms with van der Waals surface area (Å²) in [4.78, 5) is 19.6. The van der Waals surface area contributed by atoms with Crippen LogP contribution in [-0.4, -0.2) is 34.0 Å². The number of fused-ring (bicyclic) bond motifs is 2. The van der Waals surface area contributed by atoms with E-state index in [9.17, 15) is 9.90 Å². The van der Waals surface area contributed by atoms with E-state index in [2.05, 4.69) is 4.98 Å². The van der Waals surface area contributed by atoms with Crippen LogP contribution in [0.25, 0.3) is 10.2 Å². The summed E-state index contributed by atoms with van der Waals surface area (Å²) in [6.45, 7) is 3.27. The Labute approximate surface area is 174 Å². The number of nitrogens with two attached hydrogens (primary N) is 1. The number of aromatic nitrogens is 1. The molecule has 3 aromatic rings. The van der Waals surface area contributed by atoms with Crippen molar-refractivity contribution in [2.75, 3.05) is 18.8 Å². The van der Waals surface area contributed by atoms with Crippen molar-refractivity contribution in [1.82, 2.24) is 9.88 Å². The molecule has 0 unspecified atom stereocenters. The Bertz CT molecular complexity index is 1080. The maximum atomic E-state index is 13.3. The molecule has 2 aliphatic rings. The van der Waals surface area contributed by atoms with Gasteiger partial charge in [0.2, 0.25) is 0 Å². The molecule has 2 heterocycles. The van der Waals surface area contributed by atoms with Gasteiger partial charge in [-0.15, -0.1) is 0 Å². The van der Waals surface area contributed by atoms with Gasteiger partial charge in [0.25, 0.3) is 5.91 Å². The molecule has 0 radical (unpaired) electrons. The third-order valence-corrected chi connectivity index (χ3v) is 7.53. The smallest absolute Gasteiger partial charge is 0.253 e. The Balaban J connectivity index is 1.44. The van der Waals surface area contributed by atoms with Gasteiger partial charge in [-0.3, -0.25) is 4.79 Å². The van der Waals surface area contributed by atoms with E-state index in [4.69, 9.17) is 5.73 Å². The average Bonchev–Trinajstić information content (AvgIpc) is 3.32. The molecule has 3 atom stereocenters. The van der Waals surface area contributed by atoms with Gasteiger partial charge in [0.15, 0.2) is 5.13 Å². The van der Waals surface area contributed by atoms with Crippen molar-refractivity contribution in [2.24, 2.45) is 11.8 Å². The number of carbonyl (C=O) groups is 1. The highest BCUT2D eigenvalue weighted by molar-refractivity contribution is 7.22. The highest BCUT2D eigenvalue weighted by Crippen LogP contribution is 2.48.